The van der Waals surface area contributed by atoms with Gasteiger partial charge in [-0.05, 0) is 38.3 Å². The number of ether oxygens (including phenoxy) is 2. The number of hydrogen-bond acceptors (Lipinski definition) is 7. The molecule has 0 aliphatic carbocycles. The zero-order valence-corrected chi connectivity index (χ0v) is 15.6. The lowest BCUT2D eigenvalue weighted by atomic mass is 10.2. The van der Waals surface area contributed by atoms with E-state index in [1.54, 1.807) is 12.1 Å². The first-order chi connectivity index (χ1) is 12.3. The number of aliphatic carboxylic acids is 1. The number of rotatable bonds is 14. The van der Waals surface area contributed by atoms with Gasteiger partial charge in [-0.25, -0.2) is 4.79 Å². The lowest BCUT2D eigenvalue weighted by molar-refractivity contribution is -0.142. The highest BCUT2D eigenvalue weighted by Gasteiger charge is 2.15. The molecule has 0 amide bonds. The molecule has 0 spiro atoms. The van der Waals surface area contributed by atoms with Crippen LogP contribution in [0.4, 0.5) is 0 Å². The van der Waals surface area contributed by atoms with Gasteiger partial charge in [0.2, 0.25) is 0 Å². The Kier molecular flexibility index (Phi) is 10.4. The summed E-state index contributed by atoms with van der Waals surface area (Å²) >= 11 is 0. The van der Waals surface area contributed by atoms with Crippen molar-refractivity contribution < 1.29 is 37.1 Å². The molecule has 9 heteroatoms. The molecule has 0 fully saturated rings. The number of carboxylic acid groups (broad SMARTS) is 1. The number of aryl methyl sites for hydroxylation is 1. The molecule has 148 valence electrons. The summed E-state index contributed by atoms with van der Waals surface area (Å²) in [6.07, 6.45) is 0.355. The molecule has 1 aromatic carbocycles. The quantitative estimate of drug-likeness (QED) is 0.361. The Labute approximate surface area is 153 Å². The van der Waals surface area contributed by atoms with Crippen LogP contribution in [0.5, 0.6) is 0 Å². The van der Waals surface area contributed by atoms with Crippen molar-refractivity contribution in [3.8, 4) is 0 Å². The molecular formula is C17H26O8S. The van der Waals surface area contributed by atoms with Gasteiger partial charge in [0, 0.05) is 19.8 Å². The van der Waals surface area contributed by atoms with Crippen molar-refractivity contribution in [2.24, 2.45) is 0 Å². The van der Waals surface area contributed by atoms with Crippen LogP contribution >= 0.6 is 0 Å². The van der Waals surface area contributed by atoms with Gasteiger partial charge in [0.25, 0.3) is 10.1 Å². The average molecular weight is 390 g/mol. The Bertz CT molecular complexity index is 627. The average Bonchev–Trinajstić information content (AvgIpc) is 2.57. The Morgan fingerprint density at radius 3 is 2.31 bits per heavy atom. The third kappa shape index (κ3) is 9.83. The van der Waals surface area contributed by atoms with Gasteiger partial charge in [0.05, 0.1) is 17.6 Å². The maximum atomic E-state index is 12.0. The van der Waals surface area contributed by atoms with Gasteiger partial charge in [0.1, 0.15) is 6.61 Å². The van der Waals surface area contributed by atoms with E-state index in [9.17, 15) is 18.3 Å². The van der Waals surface area contributed by atoms with Gasteiger partial charge in [-0.3, -0.25) is 4.18 Å². The Hall–Kier alpha value is -1.52. The molecular weight excluding hydrogens is 364 g/mol. The second-order valence-corrected chi connectivity index (χ2v) is 7.35. The molecule has 1 aromatic rings. The van der Waals surface area contributed by atoms with Crippen LogP contribution in [0.1, 0.15) is 24.8 Å². The fraction of sp³-hybridized carbons (Fsp3) is 0.588. The van der Waals surface area contributed by atoms with Crippen LogP contribution in [0.2, 0.25) is 0 Å². The van der Waals surface area contributed by atoms with Crippen LogP contribution in [-0.2, 0) is 28.6 Å². The van der Waals surface area contributed by atoms with Gasteiger partial charge in [-0.15, -0.1) is 0 Å². The Morgan fingerprint density at radius 2 is 1.65 bits per heavy atom. The molecule has 1 atom stereocenters. The van der Waals surface area contributed by atoms with Crippen molar-refractivity contribution in [3.05, 3.63) is 29.8 Å². The fourth-order valence-electron chi connectivity index (χ4n) is 1.96. The third-order valence-corrected chi connectivity index (χ3v) is 4.72. The number of carboxylic acids is 1. The summed E-state index contributed by atoms with van der Waals surface area (Å²) in [6, 6.07) is 6.34. The first kappa shape index (κ1) is 22.5. The van der Waals surface area contributed by atoms with Crippen LogP contribution in [0.15, 0.2) is 29.2 Å². The zero-order valence-electron chi connectivity index (χ0n) is 14.8. The highest BCUT2D eigenvalue weighted by Crippen LogP contribution is 2.14. The largest absolute Gasteiger partial charge is 0.480 e. The Balaban J connectivity index is 2.10. The van der Waals surface area contributed by atoms with E-state index in [0.29, 0.717) is 32.7 Å². The lowest BCUT2D eigenvalue weighted by Crippen LogP contribution is -2.16. The van der Waals surface area contributed by atoms with Crippen molar-refractivity contribution in [2.45, 2.75) is 37.2 Å². The van der Waals surface area contributed by atoms with Gasteiger partial charge < -0.3 is 19.7 Å². The van der Waals surface area contributed by atoms with E-state index in [-0.39, 0.29) is 24.5 Å². The topological polar surface area (TPSA) is 119 Å². The summed E-state index contributed by atoms with van der Waals surface area (Å²) in [5.74, 6) is -1.01. The monoisotopic (exact) mass is 390 g/mol. The molecule has 0 saturated heterocycles. The fourth-order valence-corrected chi connectivity index (χ4v) is 2.88. The van der Waals surface area contributed by atoms with Crippen molar-refractivity contribution in [1.82, 2.24) is 0 Å². The summed E-state index contributed by atoms with van der Waals surface area (Å²) in [7, 11) is -3.81. The molecule has 8 nitrogen and oxygen atoms in total. The minimum absolute atomic E-state index is 0.0889. The van der Waals surface area contributed by atoms with Crippen molar-refractivity contribution in [2.75, 3.05) is 33.0 Å². The molecule has 0 bridgehead atoms. The van der Waals surface area contributed by atoms with Crippen molar-refractivity contribution in [1.29, 1.82) is 0 Å². The van der Waals surface area contributed by atoms with Gasteiger partial charge in [-0.2, -0.15) is 8.42 Å². The summed E-state index contributed by atoms with van der Waals surface area (Å²) in [5, 5.41) is 18.2. The summed E-state index contributed by atoms with van der Waals surface area (Å²) in [6.45, 7) is 2.42. The predicted molar refractivity (Wildman–Crippen MR) is 93.4 cm³/mol. The molecule has 1 rings (SSSR count). The molecule has 0 aromatic heterocycles. The SMILES string of the molecule is Cc1ccc(S(=O)(=O)OCCC(O)CCOCCCOCC(=O)O)cc1. The number of aliphatic hydroxyl groups is 1. The number of carbonyl (C=O) groups is 1. The standard InChI is InChI=1S/C17H26O8S/c1-14-3-5-16(6-4-14)26(21,22)25-12-8-15(18)7-11-23-9-2-10-24-13-17(19)20/h3-6,15,18H,2,7-13H2,1H3,(H,19,20). The minimum atomic E-state index is -3.81. The van der Waals surface area contributed by atoms with Gasteiger partial charge in [-0.1, -0.05) is 17.7 Å². The van der Waals surface area contributed by atoms with E-state index in [1.165, 1.54) is 12.1 Å². The normalized spacial score (nSPS) is 12.8. The molecule has 0 aliphatic rings. The molecule has 0 radical (unpaired) electrons. The molecule has 0 aliphatic heterocycles. The van der Waals surface area contributed by atoms with E-state index in [0.717, 1.165) is 5.56 Å². The van der Waals surface area contributed by atoms with E-state index >= 15 is 0 Å². The predicted octanol–water partition coefficient (Wildman–Crippen LogP) is 1.35. The van der Waals surface area contributed by atoms with Crippen LogP contribution in [0.3, 0.4) is 0 Å². The van der Waals surface area contributed by atoms with Crippen LogP contribution in [0, 0.1) is 6.92 Å². The first-order valence-corrected chi connectivity index (χ1v) is 9.73. The second-order valence-electron chi connectivity index (χ2n) is 5.73. The molecule has 0 saturated carbocycles. The third-order valence-electron chi connectivity index (χ3n) is 3.40. The van der Waals surface area contributed by atoms with Gasteiger partial charge in [0.15, 0.2) is 0 Å². The number of hydrogen-bond donors (Lipinski definition) is 2. The Morgan fingerprint density at radius 1 is 1.04 bits per heavy atom. The molecule has 0 heterocycles. The molecule has 2 N–H and O–H groups in total. The van der Waals surface area contributed by atoms with E-state index in [2.05, 4.69) is 0 Å². The molecule has 1 unspecified atom stereocenters. The maximum Gasteiger partial charge on any atom is 0.329 e. The van der Waals surface area contributed by atoms with Crippen LogP contribution < -0.4 is 0 Å². The smallest absolute Gasteiger partial charge is 0.329 e. The minimum Gasteiger partial charge on any atom is -0.480 e. The second kappa shape index (κ2) is 12.0. The zero-order chi connectivity index (χ0) is 19.4. The van der Waals surface area contributed by atoms with Crippen LogP contribution in [-0.4, -0.2) is 63.7 Å². The molecule has 26 heavy (non-hydrogen) atoms. The van der Waals surface area contributed by atoms with Crippen LogP contribution in [0.25, 0.3) is 0 Å². The highest BCUT2D eigenvalue weighted by atomic mass is 32.2. The van der Waals surface area contributed by atoms with E-state index < -0.39 is 22.2 Å². The summed E-state index contributed by atoms with van der Waals surface area (Å²) < 4.78 is 39.0. The maximum absolute atomic E-state index is 12.0. The summed E-state index contributed by atoms with van der Waals surface area (Å²) in [5.41, 5.74) is 0.952. The first-order valence-electron chi connectivity index (χ1n) is 8.32. The van der Waals surface area contributed by atoms with E-state index in [1.807, 2.05) is 6.92 Å². The summed E-state index contributed by atoms with van der Waals surface area (Å²) in [4.78, 5) is 10.3. The van der Waals surface area contributed by atoms with Gasteiger partial charge >= 0.3 is 5.97 Å². The lowest BCUT2D eigenvalue weighted by Gasteiger charge is -2.11. The number of benzene rings is 1. The van der Waals surface area contributed by atoms with E-state index in [4.69, 9.17) is 18.8 Å². The highest BCUT2D eigenvalue weighted by molar-refractivity contribution is 7.86. The van der Waals surface area contributed by atoms with Crippen molar-refractivity contribution >= 4 is 16.1 Å². The number of aliphatic hydroxyl groups excluding tert-OH is 1. The van der Waals surface area contributed by atoms with Crippen molar-refractivity contribution in [3.63, 3.8) is 0 Å².